The van der Waals surface area contributed by atoms with Crippen molar-refractivity contribution in [2.75, 3.05) is 31.5 Å². The highest BCUT2D eigenvalue weighted by Crippen LogP contribution is 2.32. The monoisotopic (exact) mass is 457 g/mol. The summed E-state index contributed by atoms with van der Waals surface area (Å²) in [5, 5.41) is 17.1. The quantitative estimate of drug-likeness (QED) is 0.332. The summed E-state index contributed by atoms with van der Waals surface area (Å²) in [5.74, 6) is 0.0419. The first-order valence-electron chi connectivity index (χ1n) is 11.1. The van der Waals surface area contributed by atoms with Gasteiger partial charge >= 0.3 is 0 Å². The molecule has 0 saturated carbocycles. The predicted octanol–water partition coefficient (Wildman–Crippen LogP) is 4.06. The molecular weight excluding hydrogens is 434 g/mol. The highest BCUT2D eigenvalue weighted by Gasteiger charge is 2.18. The van der Waals surface area contributed by atoms with Crippen LogP contribution in [0.5, 0.6) is 0 Å². The zero-order valence-electron chi connectivity index (χ0n) is 18.4. The van der Waals surface area contributed by atoms with Crippen LogP contribution < -0.4 is 10.6 Å². The molecule has 1 fully saturated rings. The third-order valence-electron chi connectivity index (χ3n) is 5.85. The van der Waals surface area contributed by atoms with E-state index in [9.17, 15) is 14.9 Å². The second-order valence-corrected chi connectivity index (χ2v) is 8.11. The molecule has 1 saturated heterocycles. The van der Waals surface area contributed by atoms with Gasteiger partial charge in [-0.05, 0) is 35.9 Å². The lowest BCUT2D eigenvalue weighted by Gasteiger charge is -2.27. The van der Waals surface area contributed by atoms with Crippen LogP contribution in [0.1, 0.15) is 15.9 Å². The van der Waals surface area contributed by atoms with E-state index in [4.69, 9.17) is 9.40 Å². The molecule has 0 aliphatic carbocycles. The number of nitro benzene ring substituents is 1. The Labute approximate surface area is 195 Å². The van der Waals surface area contributed by atoms with Crippen LogP contribution in [-0.2, 0) is 6.54 Å². The van der Waals surface area contributed by atoms with E-state index in [0.717, 1.165) is 43.8 Å². The van der Waals surface area contributed by atoms with E-state index in [1.807, 2.05) is 30.3 Å². The van der Waals surface area contributed by atoms with E-state index < -0.39 is 4.92 Å². The average molecular weight is 457 g/mol. The molecule has 3 aromatic carbocycles. The first kappa shape index (κ1) is 21.7. The van der Waals surface area contributed by atoms with Crippen LogP contribution in [0.25, 0.3) is 22.6 Å². The number of carbonyl (C=O) groups excluding carboxylic acids is 1. The Balaban J connectivity index is 1.42. The van der Waals surface area contributed by atoms with E-state index in [1.165, 1.54) is 24.3 Å². The Hall–Kier alpha value is -4.08. The molecule has 1 aliphatic rings. The number of benzene rings is 3. The second kappa shape index (κ2) is 9.42. The summed E-state index contributed by atoms with van der Waals surface area (Å²) < 4.78 is 6.09. The highest BCUT2D eigenvalue weighted by molar-refractivity contribution is 6.06. The number of oxazole rings is 1. The number of hydrogen-bond donors (Lipinski definition) is 2. The van der Waals surface area contributed by atoms with Gasteiger partial charge in [0.05, 0.1) is 16.2 Å². The van der Waals surface area contributed by atoms with Crippen LogP contribution in [0.15, 0.2) is 71.1 Å². The normalized spacial score (nSPS) is 14.2. The first-order valence-corrected chi connectivity index (χ1v) is 11.1. The molecule has 0 bridgehead atoms. The SMILES string of the molecule is O=C(Nc1ccccc1-c1nc2c(CN3CCNCC3)cccc2o1)c1ccc([N+](=O)[O-])cc1. The maximum Gasteiger partial charge on any atom is 0.269 e. The number of nitro groups is 1. The van der Waals surface area contributed by atoms with Gasteiger partial charge < -0.3 is 15.1 Å². The van der Waals surface area contributed by atoms with Crippen LogP contribution in [-0.4, -0.2) is 46.9 Å². The molecule has 2 heterocycles. The molecule has 2 N–H and O–H groups in total. The number of para-hydroxylation sites is 2. The summed E-state index contributed by atoms with van der Waals surface area (Å²) in [6.45, 7) is 4.71. The Morgan fingerprint density at radius 2 is 1.82 bits per heavy atom. The van der Waals surface area contributed by atoms with Gasteiger partial charge in [-0.3, -0.25) is 19.8 Å². The molecule has 0 spiro atoms. The lowest BCUT2D eigenvalue weighted by molar-refractivity contribution is -0.384. The minimum absolute atomic E-state index is 0.0694. The van der Waals surface area contributed by atoms with Crippen LogP contribution in [0, 0.1) is 10.1 Å². The molecule has 34 heavy (non-hydrogen) atoms. The summed E-state index contributed by atoms with van der Waals surface area (Å²) in [4.78, 5) is 30.3. The van der Waals surface area contributed by atoms with Crippen LogP contribution in [0.2, 0.25) is 0 Å². The average Bonchev–Trinajstić information content (AvgIpc) is 3.30. The fourth-order valence-electron chi connectivity index (χ4n) is 4.07. The highest BCUT2D eigenvalue weighted by atomic mass is 16.6. The number of hydrogen-bond acceptors (Lipinski definition) is 7. The van der Waals surface area contributed by atoms with E-state index in [0.29, 0.717) is 28.3 Å². The predicted molar refractivity (Wildman–Crippen MR) is 129 cm³/mol. The Morgan fingerprint density at radius 3 is 2.59 bits per heavy atom. The third-order valence-corrected chi connectivity index (χ3v) is 5.85. The number of piperazine rings is 1. The maximum atomic E-state index is 12.8. The zero-order chi connectivity index (χ0) is 23.5. The number of amides is 1. The second-order valence-electron chi connectivity index (χ2n) is 8.11. The lowest BCUT2D eigenvalue weighted by atomic mass is 10.1. The number of carbonyl (C=O) groups is 1. The molecule has 9 heteroatoms. The van der Waals surface area contributed by atoms with E-state index in [1.54, 1.807) is 6.07 Å². The number of anilines is 1. The lowest BCUT2D eigenvalue weighted by Crippen LogP contribution is -2.42. The summed E-state index contributed by atoms with van der Waals surface area (Å²) in [6.07, 6.45) is 0. The number of nitrogens with zero attached hydrogens (tertiary/aromatic N) is 3. The van der Waals surface area contributed by atoms with Crippen molar-refractivity contribution in [1.29, 1.82) is 0 Å². The van der Waals surface area contributed by atoms with Crippen molar-refractivity contribution < 1.29 is 14.1 Å². The van der Waals surface area contributed by atoms with Gasteiger partial charge in [-0.1, -0.05) is 24.3 Å². The zero-order valence-corrected chi connectivity index (χ0v) is 18.4. The van der Waals surface area contributed by atoms with Crippen molar-refractivity contribution in [2.45, 2.75) is 6.54 Å². The minimum Gasteiger partial charge on any atom is -0.436 e. The van der Waals surface area contributed by atoms with Gasteiger partial charge in [-0.2, -0.15) is 0 Å². The summed E-state index contributed by atoms with van der Waals surface area (Å²) in [5.41, 5.74) is 4.05. The number of aromatic nitrogens is 1. The van der Waals surface area contributed by atoms with E-state index >= 15 is 0 Å². The van der Waals surface area contributed by atoms with Gasteiger partial charge in [0.2, 0.25) is 5.89 Å². The summed E-state index contributed by atoms with van der Waals surface area (Å²) in [7, 11) is 0. The molecule has 4 aromatic rings. The number of rotatable bonds is 6. The Bertz CT molecular complexity index is 1340. The number of non-ortho nitro benzene ring substituents is 1. The smallest absolute Gasteiger partial charge is 0.269 e. The summed E-state index contributed by atoms with van der Waals surface area (Å²) >= 11 is 0. The van der Waals surface area contributed by atoms with Crippen molar-refractivity contribution in [3.05, 3.63) is 88.0 Å². The molecule has 9 nitrogen and oxygen atoms in total. The molecule has 0 unspecified atom stereocenters. The molecule has 1 amide bonds. The minimum atomic E-state index is -0.499. The molecule has 1 aliphatic heterocycles. The van der Waals surface area contributed by atoms with Crippen LogP contribution in [0.4, 0.5) is 11.4 Å². The maximum absolute atomic E-state index is 12.8. The standard InChI is InChI=1S/C25H23N5O4/c31-24(17-8-10-19(11-9-17)30(32)33)27-21-6-2-1-5-20(21)25-28-23-18(4-3-7-22(23)34-25)16-29-14-12-26-13-15-29/h1-11,26H,12-16H2,(H,27,31). The van der Waals surface area contributed by atoms with Crippen LogP contribution in [0.3, 0.4) is 0 Å². The first-order chi connectivity index (χ1) is 16.6. The molecule has 0 radical (unpaired) electrons. The Morgan fingerprint density at radius 1 is 1.06 bits per heavy atom. The van der Waals surface area contributed by atoms with E-state index in [-0.39, 0.29) is 11.6 Å². The molecular formula is C25H23N5O4. The van der Waals surface area contributed by atoms with Gasteiger partial charge in [-0.15, -0.1) is 0 Å². The van der Waals surface area contributed by atoms with Gasteiger partial charge in [-0.25, -0.2) is 4.98 Å². The van der Waals surface area contributed by atoms with Gasteiger partial charge in [0.1, 0.15) is 5.52 Å². The molecule has 5 rings (SSSR count). The molecule has 172 valence electrons. The largest absolute Gasteiger partial charge is 0.436 e. The van der Waals surface area contributed by atoms with Gasteiger partial charge in [0.15, 0.2) is 5.58 Å². The molecule has 1 aromatic heterocycles. The number of nitrogens with one attached hydrogen (secondary N) is 2. The summed E-state index contributed by atoms with van der Waals surface area (Å²) in [6, 6.07) is 18.7. The van der Waals surface area contributed by atoms with Gasteiger partial charge in [0, 0.05) is 50.4 Å². The number of fused-ring (bicyclic) bond motifs is 1. The van der Waals surface area contributed by atoms with Crippen LogP contribution >= 0.6 is 0 Å². The van der Waals surface area contributed by atoms with Crippen molar-refractivity contribution in [1.82, 2.24) is 15.2 Å². The van der Waals surface area contributed by atoms with Gasteiger partial charge in [0.25, 0.3) is 11.6 Å². The topological polar surface area (TPSA) is 114 Å². The fraction of sp³-hybridized carbons (Fsp3) is 0.200. The van der Waals surface area contributed by atoms with Crippen molar-refractivity contribution in [2.24, 2.45) is 0 Å². The molecule has 0 atom stereocenters. The van der Waals surface area contributed by atoms with Crippen molar-refractivity contribution in [3.8, 4) is 11.5 Å². The third kappa shape index (κ3) is 4.52. The fourth-order valence-corrected chi connectivity index (χ4v) is 4.07. The van der Waals surface area contributed by atoms with E-state index in [2.05, 4.69) is 21.6 Å². The van der Waals surface area contributed by atoms with Crippen molar-refractivity contribution in [3.63, 3.8) is 0 Å². The Kier molecular flexibility index (Phi) is 6.03. The van der Waals surface area contributed by atoms with Crippen molar-refractivity contribution >= 4 is 28.4 Å².